The molecule has 0 radical (unpaired) electrons. The van der Waals surface area contributed by atoms with Crippen molar-refractivity contribution in [1.29, 1.82) is 0 Å². The molecule has 0 aliphatic rings. The third kappa shape index (κ3) is 2.77. The summed E-state index contributed by atoms with van der Waals surface area (Å²) < 4.78 is 3.68. The second-order valence-corrected chi connectivity index (χ2v) is 4.15. The summed E-state index contributed by atoms with van der Waals surface area (Å²) >= 11 is 0. The topological polar surface area (TPSA) is 78.7 Å². The normalized spacial score (nSPS) is 10.7. The van der Waals surface area contributed by atoms with E-state index in [2.05, 4.69) is 17.1 Å². The van der Waals surface area contributed by atoms with Gasteiger partial charge in [0, 0.05) is 37.5 Å². The molecule has 0 saturated heterocycles. The number of rotatable bonds is 6. The van der Waals surface area contributed by atoms with Crippen LogP contribution in [-0.4, -0.2) is 25.5 Å². The lowest BCUT2D eigenvalue weighted by Crippen LogP contribution is -2.14. The predicted octanol–water partition coefficient (Wildman–Crippen LogP) is 1.03. The van der Waals surface area contributed by atoms with Crippen molar-refractivity contribution in [1.82, 2.24) is 19.6 Å². The quantitative estimate of drug-likeness (QED) is 0.828. The first kappa shape index (κ1) is 12.3. The summed E-state index contributed by atoms with van der Waals surface area (Å²) in [7, 11) is 0. The van der Waals surface area contributed by atoms with E-state index in [-0.39, 0.29) is 5.91 Å². The second-order valence-electron chi connectivity index (χ2n) is 4.15. The van der Waals surface area contributed by atoms with Crippen molar-refractivity contribution in [3.8, 4) is 11.3 Å². The van der Waals surface area contributed by atoms with Crippen LogP contribution in [0.25, 0.3) is 11.3 Å². The first-order chi connectivity index (χ1) is 8.70. The molecule has 2 N–H and O–H groups in total. The van der Waals surface area contributed by atoms with Gasteiger partial charge in [-0.2, -0.15) is 10.2 Å². The van der Waals surface area contributed by atoms with Gasteiger partial charge in [0.15, 0.2) is 0 Å². The first-order valence-corrected chi connectivity index (χ1v) is 6.03. The lowest BCUT2D eigenvalue weighted by atomic mass is 10.2. The molecule has 6 heteroatoms. The monoisotopic (exact) mass is 247 g/mol. The largest absolute Gasteiger partial charge is 0.370 e. The van der Waals surface area contributed by atoms with Gasteiger partial charge in [0.25, 0.3) is 0 Å². The van der Waals surface area contributed by atoms with Crippen LogP contribution in [0.1, 0.15) is 19.8 Å². The Balaban J connectivity index is 2.13. The second kappa shape index (κ2) is 5.48. The van der Waals surface area contributed by atoms with Crippen LogP contribution in [0.2, 0.25) is 0 Å². The molecule has 0 unspecified atom stereocenters. The van der Waals surface area contributed by atoms with Gasteiger partial charge in [0.2, 0.25) is 5.91 Å². The fraction of sp³-hybridized carbons (Fsp3) is 0.417. The molecule has 1 amide bonds. The van der Waals surface area contributed by atoms with Crippen molar-refractivity contribution in [2.24, 2.45) is 5.73 Å². The molecule has 6 nitrogen and oxygen atoms in total. The molecule has 2 aromatic heterocycles. The van der Waals surface area contributed by atoms with Crippen LogP contribution in [0.15, 0.2) is 24.7 Å². The van der Waals surface area contributed by atoms with Crippen molar-refractivity contribution in [3.05, 3.63) is 24.7 Å². The van der Waals surface area contributed by atoms with E-state index in [1.165, 1.54) is 0 Å². The molecule has 0 aliphatic carbocycles. The van der Waals surface area contributed by atoms with Gasteiger partial charge in [0.05, 0.1) is 11.9 Å². The highest BCUT2D eigenvalue weighted by atomic mass is 16.1. The Morgan fingerprint density at radius 2 is 2.22 bits per heavy atom. The third-order valence-electron chi connectivity index (χ3n) is 2.67. The molecular weight excluding hydrogens is 230 g/mol. The van der Waals surface area contributed by atoms with E-state index in [1.54, 1.807) is 17.1 Å². The highest BCUT2D eigenvalue weighted by Crippen LogP contribution is 2.18. The summed E-state index contributed by atoms with van der Waals surface area (Å²) in [6, 6.07) is 1.96. The number of hydrogen-bond acceptors (Lipinski definition) is 3. The van der Waals surface area contributed by atoms with Gasteiger partial charge < -0.3 is 5.73 Å². The zero-order valence-corrected chi connectivity index (χ0v) is 10.4. The number of carbonyl (C=O) groups excluding carboxylic acids is 1. The van der Waals surface area contributed by atoms with Crippen molar-refractivity contribution in [3.63, 3.8) is 0 Å². The Hall–Kier alpha value is -2.11. The summed E-state index contributed by atoms with van der Waals surface area (Å²) in [6.07, 6.45) is 6.81. The average Bonchev–Trinajstić information content (AvgIpc) is 2.94. The van der Waals surface area contributed by atoms with Gasteiger partial charge in [-0.3, -0.25) is 14.2 Å². The number of aryl methyl sites for hydroxylation is 2. The molecule has 0 aliphatic heterocycles. The molecule has 0 bridgehead atoms. The molecule has 2 rings (SSSR count). The zero-order valence-electron chi connectivity index (χ0n) is 10.4. The molecule has 0 spiro atoms. The number of amides is 1. The Morgan fingerprint density at radius 3 is 2.94 bits per heavy atom. The van der Waals surface area contributed by atoms with Gasteiger partial charge >= 0.3 is 0 Å². The highest BCUT2D eigenvalue weighted by molar-refractivity contribution is 5.73. The van der Waals surface area contributed by atoms with Crippen LogP contribution in [0, 0.1) is 0 Å². The Morgan fingerprint density at radius 1 is 1.39 bits per heavy atom. The van der Waals surface area contributed by atoms with E-state index in [1.807, 2.05) is 16.9 Å². The molecule has 0 aromatic carbocycles. The van der Waals surface area contributed by atoms with Crippen LogP contribution >= 0.6 is 0 Å². The van der Waals surface area contributed by atoms with E-state index in [0.717, 1.165) is 24.2 Å². The minimum absolute atomic E-state index is 0.301. The Kier molecular flexibility index (Phi) is 3.76. The molecule has 2 aromatic rings. The van der Waals surface area contributed by atoms with Crippen LogP contribution in [-0.2, 0) is 17.9 Å². The number of nitrogens with two attached hydrogens (primary N) is 1. The van der Waals surface area contributed by atoms with Crippen LogP contribution in [0.5, 0.6) is 0 Å². The van der Waals surface area contributed by atoms with Crippen LogP contribution in [0.4, 0.5) is 0 Å². The maximum atomic E-state index is 10.7. The molecule has 0 saturated carbocycles. The minimum Gasteiger partial charge on any atom is -0.370 e. The lowest BCUT2D eigenvalue weighted by molar-refractivity contribution is -0.118. The van der Waals surface area contributed by atoms with Gasteiger partial charge in [0.1, 0.15) is 0 Å². The van der Waals surface area contributed by atoms with Gasteiger partial charge in [-0.1, -0.05) is 6.92 Å². The maximum Gasteiger partial charge on any atom is 0.219 e. The van der Waals surface area contributed by atoms with Crippen molar-refractivity contribution in [2.45, 2.75) is 32.9 Å². The van der Waals surface area contributed by atoms with Crippen molar-refractivity contribution >= 4 is 5.91 Å². The third-order valence-corrected chi connectivity index (χ3v) is 2.67. The highest BCUT2D eigenvalue weighted by Gasteiger charge is 2.07. The lowest BCUT2D eigenvalue weighted by Gasteiger charge is -2.03. The van der Waals surface area contributed by atoms with E-state index >= 15 is 0 Å². The summed E-state index contributed by atoms with van der Waals surface area (Å²) in [5, 5.41) is 8.48. The average molecular weight is 247 g/mol. The number of primary amides is 1. The fourth-order valence-electron chi connectivity index (χ4n) is 1.81. The molecule has 2 heterocycles. The first-order valence-electron chi connectivity index (χ1n) is 6.03. The standard InChI is InChI=1S/C12H17N5O/c1-2-6-17-11(3-5-14-17)10-8-15-16(9-10)7-4-12(13)18/h3,5,8-9H,2,4,6-7H2,1H3,(H2,13,18). The molecule has 96 valence electrons. The van der Waals surface area contributed by atoms with E-state index < -0.39 is 0 Å². The molecule has 18 heavy (non-hydrogen) atoms. The Labute approximate surface area is 105 Å². The smallest absolute Gasteiger partial charge is 0.219 e. The summed E-state index contributed by atoms with van der Waals surface area (Å²) in [5.74, 6) is -0.317. The van der Waals surface area contributed by atoms with Gasteiger partial charge in [-0.25, -0.2) is 0 Å². The Bertz CT molecular complexity index is 528. The predicted molar refractivity (Wildman–Crippen MR) is 67.6 cm³/mol. The van der Waals surface area contributed by atoms with Crippen molar-refractivity contribution in [2.75, 3.05) is 0 Å². The number of nitrogens with zero attached hydrogens (tertiary/aromatic N) is 4. The minimum atomic E-state index is -0.317. The molecule has 0 fully saturated rings. The summed E-state index contributed by atoms with van der Waals surface area (Å²) in [6.45, 7) is 3.51. The van der Waals surface area contributed by atoms with E-state index in [0.29, 0.717) is 13.0 Å². The zero-order chi connectivity index (χ0) is 13.0. The number of hydrogen-bond donors (Lipinski definition) is 1. The van der Waals surface area contributed by atoms with Gasteiger partial charge in [-0.05, 0) is 12.5 Å². The summed E-state index contributed by atoms with van der Waals surface area (Å²) in [4.78, 5) is 10.7. The number of aromatic nitrogens is 4. The van der Waals surface area contributed by atoms with Crippen LogP contribution < -0.4 is 5.73 Å². The fourth-order valence-corrected chi connectivity index (χ4v) is 1.81. The van der Waals surface area contributed by atoms with Crippen molar-refractivity contribution < 1.29 is 4.79 Å². The number of carbonyl (C=O) groups is 1. The maximum absolute atomic E-state index is 10.7. The van der Waals surface area contributed by atoms with E-state index in [9.17, 15) is 4.79 Å². The van der Waals surface area contributed by atoms with E-state index in [4.69, 9.17) is 5.73 Å². The summed E-state index contributed by atoms with van der Waals surface area (Å²) in [5.41, 5.74) is 7.16. The van der Waals surface area contributed by atoms with Crippen LogP contribution in [0.3, 0.4) is 0 Å². The molecule has 0 atom stereocenters. The van der Waals surface area contributed by atoms with Gasteiger partial charge in [-0.15, -0.1) is 0 Å². The molecular formula is C12H17N5O. The SMILES string of the molecule is CCCn1nccc1-c1cnn(CCC(N)=O)c1.